The van der Waals surface area contributed by atoms with Crippen LogP contribution in [0.4, 0.5) is 4.39 Å². The van der Waals surface area contributed by atoms with Crippen molar-refractivity contribution in [1.29, 1.82) is 0 Å². The van der Waals surface area contributed by atoms with E-state index in [1.807, 2.05) is 31.2 Å². The molecule has 2 aromatic carbocycles. The highest BCUT2D eigenvalue weighted by Crippen LogP contribution is 2.28. The molecule has 0 atom stereocenters. The zero-order chi connectivity index (χ0) is 14.8. The van der Waals surface area contributed by atoms with Gasteiger partial charge in [0.05, 0.1) is 12.1 Å². The predicted octanol–water partition coefficient (Wildman–Crippen LogP) is 3.97. The lowest BCUT2D eigenvalue weighted by atomic mass is 10.1. The third kappa shape index (κ3) is 2.71. The van der Waals surface area contributed by atoms with Crippen molar-refractivity contribution in [2.45, 2.75) is 13.5 Å². The molecule has 0 unspecified atom stereocenters. The first-order valence-corrected chi connectivity index (χ1v) is 6.61. The number of rotatable bonds is 3. The topological polar surface area (TPSA) is 42.4 Å². The van der Waals surface area contributed by atoms with Crippen molar-refractivity contribution in [3.63, 3.8) is 0 Å². The molecule has 1 N–H and O–H groups in total. The summed E-state index contributed by atoms with van der Waals surface area (Å²) in [6, 6.07) is 13.7. The maximum atomic E-state index is 13.7. The van der Waals surface area contributed by atoms with E-state index in [1.165, 1.54) is 6.07 Å². The molecule has 0 spiro atoms. The van der Waals surface area contributed by atoms with E-state index < -0.39 is 5.82 Å². The van der Waals surface area contributed by atoms with Crippen LogP contribution in [-0.4, -0.2) is 10.1 Å². The quantitative estimate of drug-likeness (QED) is 0.791. The molecule has 0 bridgehead atoms. The van der Waals surface area contributed by atoms with E-state index >= 15 is 0 Å². The summed E-state index contributed by atoms with van der Waals surface area (Å²) in [6.45, 7) is 1.73. The highest BCUT2D eigenvalue weighted by atomic mass is 19.1. The summed E-state index contributed by atoms with van der Waals surface area (Å²) in [4.78, 5) is 4.35. The number of ether oxygens (including phenoxy) is 1. The lowest BCUT2D eigenvalue weighted by molar-refractivity contribution is 0.282. The third-order valence-electron chi connectivity index (χ3n) is 3.25. The fourth-order valence-electron chi connectivity index (χ4n) is 2.21. The summed E-state index contributed by atoms with van der Waals surface area (Å²) in [5, 5.41) is 10.3. The zero-order valence-electron chi connectivity index (χ0n) is 11.5. The van der Waals surface area contributed by atoms with E-state index in [-0.39, 0.29) is 18.2 Å². The van der Waals surface area contributed by atoms with E-state index in [9.17, 15) is 9.50 Å². The van der Waals surface area contributed by atoms with Gasteiger partial charge >= 0.3 is 0 Å². The molecular weight excluding hydrogens is 269 g/mol. The molecule has 0 aliphatic rings. The number of hydrogen-bond acceptors (Lipinski definition) is 3. The summed E-state index contributed by atoms with van der Waals surface area (Å²) in [7, 11) is 0. The monoisotopic (exact) mass is 283 g/mol. The van der Waals surface area contributed by atoms with Crippen LogP contribution in [-0.2, 0) is 6.61 Å². The fourth-order valence-corrected chi connectivity index (χ4v) is 2.21. The summed E-state index contributed by atoms with van der Waals surface area (Å²) in [6.07, 6.45) is 0. The lowest BCUT2D eigenvalue weighted by Gasteiger charge is -2.10. The Hall–Kier alpha value is -2.46. The molecule has 0 saturated carbocycles. The van der Waals surface area contributed by atoms with Gasteiger partial charge in [-0.1, -0.05) is 24.3 Å². The summed E-state index contributed by atoms with van der Waals surface area (Å²) < 4.78 is 19.3. The second-order valence-electron chi connectivity index (χ2n) is 4.83. The first-order valence-electron chi connectivity index (χ1n) is 6.61. The summed E-state index contributed by atoms with van der Waals surface area (Å²) in [5.41, 5.74) is 2.30. The van der Waals surface area contributed by atoms with E-state index in [2.05, 4.69) is 4.98 Å². The van der Waals surface area contributed by atoms with Crippen molar-refractivity contribution >= 4 is 10.9 Å². The Bertz CT molecular complexity index is 802. The van der Waals surface area contributed by atoms with Gasteiger partial charge in [0.2, 0.25) is 5.88 Å². The summed E-state index contributed by atoms with van der Waals surface area (Å²) >= 11 is 0. The number of aliphatic hydroxyl groups excluding tert-OH is 1. The largest absolute Gasteiger partial charge is 0.436 e. The van der Waals surface area contributed by atoms with Crippen LogP contribution in [0.25, 0.3) is 10.9 Å². The Morgan fingerprint density at radius 3 is 2.76 bits per heavy atom. The average Bonchev–Trinajstić information content (AvgIpc) is 2.50. The molecular formula is C17H14FNO2. The number of pyridine rings is 1. The van der Waals surface area contributed by atoms with Crippen molar-refractivity contribution in [1.82, 2.24) is 4.98 Å². The zero-order valence-corrected chi connectivity index (χ0v) is 11.5. The number of hydrogen-bond donors (Lipinski definition) is 1. The van der Waals surface area contributed by atoms with Gasteiger partial charge in [-0.3, -0.25) is 0 Å². The van der Waals surface area contributed by atoms with Gasteiger partial charge in [-0.25, -0.2) is 9.37 Å². The standard InChI is InChI=1S/C17H14FNO2/c1-11-6-7-14(18)16(8-11)21-17-9-12(10-20)13-4-2-3-5-15(13)19-17/h2-9,20H,10H2,1H3. The Morgan fingerprint density at radius 2 is 1.95 bits per heavy atom. The number of aromatic nitrogens is 1. The van der Waals surface area contributed by atoms with Gasteiger partial charge in [-0.15, -0.1) is 0 Å². The van der Waals surface area contributed by atoms with Gasteiger partial charge in [0.25, 0.3) is 0 Å². The molecule has 1 aromatic heterocycles. The van der Waals surface area contributed by atoms with Crippen LogP contribution < -0.4 is 4.74 Å². The second kappa shape index (κ2) is 5.50. The number of fused-ring (bicyclic) bond motifs is 1. The minimum atomic E-state index is -0.443. The number of halogens is 1. The minimum absolute atomic E-state index is 0.127. The number of para-hydroxylation sites is 1. The van der Waals surface area contributed by atoms with E-state index in [0.29, 0.717) is 11.1 Å². The third-order valence-corrected chi connectivity index (χ3v) is 3.25. The molecule has 0 fully saturated rings. The van der Waals surface area contributed by atoms with Crippen molar-refractivity contribution < 1.29 is 14.2 Å². The predicted molar refractivity (Wildman–Crippen MR) is 78.9 cm³/mol. The molecule has 0 aliphatic heterocycles. The van der Waals surface area contributed by atoms with Crippen LogP contribution in [0.3, 0.4) is 0 Å². The van der Waals surface area contributed by atoms with Crippen LogP contribution >= 0.6 is 0 Å². The number of nitrogens with zero attached hydrogens (tertiary/aromatic N) is 1. The Balaban J connectivity index is 2.06. The minimum Gasteiger partial charge on any atom is -0.436 e. The van der Waals surface area contributed by atoms with E-state index in [0.717, 1.165) is 10.9 Å². The first kappa shape index (κ1) is 13.5. The van der Waals surface area contributed by atoms with Gasteiger partial charge in [0.15, 0.2) is 11.6 Å². The molecule has 0 radical (unpaired) electrons. The highest BCUT2D eigenvalue weighted by Gasteiger charge is 2.09. The van der Waals surface area contributed by atoms with Crippen molar-refractivity contribution in [2.75, 3.05) is 0 Å². The maximum Gasteiger partial charge on any atom is 0.220 e. The molecule has 0 saturated heterocycles. The number of benzene rings is 2. The van der Waals surface area contributed by atoms with Crippen LogP contribution in [0.2, 0.25) is 0 Å². The second-order valence-corrected chi connectivity index (χ2v) is 4.83. The van der Waals surface area contributed by atoms with Crippen LogP contribution in [0.15, 0.2) is 48.5 Å². The SMILES string of the molecule is Cc1ccc(F)c(Oc2cc(CO)c3ccccc3n2)c1. The molecule has 21 heavy (non-hydrogen) atoms. The Labute approximate surface area is 121 Å². The molecule has 1 heterocycles. The van der Waals surface area contributed by atoms with Crippen molar-refractivity contribution in [3.05, 3.63) is 65.5 Å². The van der Waals surface area contributed by atoms with E-state index in [1.54, 1.807) is 18.2 Å². The normalized spacial score (nSPS) is 10.8. The molecule has 3 rings (SSSR count). The molecule has 0 amide bonds. The van der Waals surface area contributed by atoms with Gasteiger partial charge in [-0.2, -0.15) is 0 Å². The van der Waals surface area contributed by atoms with E-state index in [4.69, 9.17) is 4.74 Å². The molecule has 3 nitrogen and oxygen atoms in total. The van der Waals surface area contributed by atoms with Crippen LogP contribution in [0.5, 0.6) is 11.6 Å². The molecule has 0 aliphatic carbocycles. The number of aryl methyl sites for hydroxylation is 1. The van der Waals surface area contributed by atoms with Gasteiger partial charge < -0.3 is 9.84 Å². The first-order chi connectivity index (χ1) is 10.2. The van der Waals surface area contributed by atoms with Crippen molar-refractivity contribution in [2.24, 2.45) is 0 Å². The van der Waals surface area contributed by atoms with Crippen molar-refractivity contribution in [3.8, 4) is 11.6 Å². The molecule has 3 aromatic rings. The van der Waals surface area contributed by atoms with Crippen LogP contribution in [0.1, 0.15) is 11.1 Å². The maximum absolute atomic E-state index is 13.7. The fraction of sp³-hybridized carbons (Fsp3) is 0.118. The summed E-state index contributed by atoms with van der Waals surface area (Å²) in [5.74, 6) is -0.0509. The van der Waals surface area contributed by atoms with Gasteiger partial charge in [-0.05, 0) is 36.2 Å². The molecule has 106 valence electrons. The molecule has 4 heteroatoms. The Morgan fingerprint density at radius 1 is 1.14 bits per heavy atom. The highest BCUT2D eigenvalue weighted by molar-refractivity contribution is 5.82. The average molecular weight is 283 g/mol. The van der Waals surface area contributed by atoms with Gasteiger partial charge in [0, 0.05) is 11.5 Å². The Kier molecular flexibility index (Phi) is 3.54. The van der Waals surface area contributed by atoms with Crippen LogP contribution in [0, 0.1) is 12.7 Å². The number of aliphatic hydroxyl groups is 1. The lowest BCUT2D eigenvalue weighted by Crippen LogP contribution is -1.95. The smallest absolute Gasteiger partial charge is 0.220 e. The van der Waals surface area contributed by atoms with Gasteiger partial charge in [0.1, 0.15) is 0 Å².